The monoisotopic (exact) mass is 497 g/mol. The minimum Gasteiger partial charge on any atom is -0.497 e. The molecule has 2 heterocycles. The van der Waals surface area contributed by atoms with Crippen LogP contribution in [0.2, 0.25) is 0 Å². The summed E-state index contributed by atoms with van der Waals surface area (Å²) in [6.07, 6.45) is 9.46. The third-order valence-corrected chi connectivity index (χ3v) is 9.04. The maximum absolute atomic E-state index is 13.7. The van der Waals surface area contributed by atoms with Gasteiger partial charge < -0.3 is 10.1 Å². The van der Waals surface area contributed by atoms with E-state index in [0.29, 0.717) is 11.7 Å². The van der Waals surface area contributed by atoms with E-state index in [1.54, 1.807) is 18.4 Å². The van der Waals surface area contributed by atoms with Crippen molar-refractivity contribution in [2.75, 3.05) is 19.4 Å². The van der Waals surface area contributed by atoms with E-state index in [1.165, 1.54) is 28.6 Å². The first-order valence-corrected chi connectivity index (χ1v) is 14.0. The van der Waals surface area contributed by atoms with E-state index in [9.17, 15) is 9.59 Å². The maximum atomic E-state index is 13.7. The number of hydrogen-bond donors (Lipinski definition) is 1. The Balaban J connectivity index is 1.29. The van der Waals surface area contributed by atoms with Gasteiger partial charge >= 0.3 is 0 Å². The lowest BCUT2D eigenvalue weighted by Crippen LogP contribution is -2.29. The fraction of sp³-hybridized carbons (Fsp3) is 0.500. The topological polar surface area (TPSA) is 73.2 Å². The van der Waals surface area contributed by atoms with Gasteiger partial charge in [0.25, 0.3) is 5.56 Å². The van der Waals surface area contributed by atoms with Crippen LogP contribution in [-0.4, -0.2) is 34.9 Å². The Morgan fingerprint density at radius 1 is 1.18 bits per heavy atom. The van der Waals surface area contributed by atoms with Crippen molar-refractivity contribution in [3.8, 4) is 5.75 Å². The number of nitrogens with zero attached hydrogens (tertiary/aromatic N) is 2. The van der Waals surface area contributed by atoms with Gasteiger partial charge in [0.15, 0.2) is 5.16 Å². The molecule has 6 nitrogen and oxygen atoms in total. The second-order valence-corrected chi connectivity index (χ2v) is 11.2. The molecule has 0 atom stereocenters. The maximum Gasteiger partial charge on any atom is 0.263 e. The summed E-state index contributed by atoms with van der Waals surface area (Å²) in [7, 11) is 1.65. The van der Waals surface area contributed by atoms with Crippen LogP contribution < -0.4 is 15.6 Å². The Kier molecular flexibility index (Phi) is 7.25. The number of benzene rings is 1. The average molecular weight is 498 g/mol. The van der Waals surface area contributed by atoms with E-state index in [2.05, 4.69) is 5.32 Å². The summed E-state index contributed by atoms with van der Waals surface area (Å²) in [5.74, 6) is 1.06. The van der Waals surface area contributed by atoms with E-state index in [-0.39, 0.29) is 23.3 Å². The molecule has 0 saturated heterocycles. The van der Waals surface area contributed by atoms with Crippen LogP contribution in [0.1, 0.15) is 60.6 Å². The minimum atomic E-state index is -0.0312. The summed E-state index contributed by atoms with van der Waals surface area (Å²) >= 11 is 3.08. The van der Waals surface area contributed by atoms with Gasteiger partial charge in [0.2, 0.25) is 5.91 Å². The third kappa shape index (κ3) is 4.89. The van der Waals surface area contributed by atoms with E-state index in [0.717, 1.165) is 72.9 Å². The first-order chi connectivity index (χ1) is 16.6. The predicted molar refractivity (Wildman–Crippen MR) is 138 cm³/mol. The van der Waals surface area contributed by atoms with Gasteiger partial charge in [-0.25, -0.2) is 4.98 Å². The van der Waals surface area contributed by atoms with Crippen molar-refractivity contribution >= 4 is 39.2 Å². The van der Waals surface area contributed by atoms with Crippen molar-refractivity contribution < 1.29 is 9.53 Å². The standard InChI is InChI=1S/C26H31N3O3S2/c1-32-19-12-10-17(11-13-19)14-15-27-22(30)16-33-26-28-24-23(20-8-4-5-9-21(20)34-24)25(31)29(26)18-6-2-3-7-18/h10-13,18H,2-9,14-16H2,1H3,(H,27,30). The van der Waals surface area contributed by atoms with E-state index >= 15 is 0 Å². The highest BCUT2D eigenvalue weighted by Gasteiger charge is 2.27. The normalized spacial score (nSPS) is 16.0. The van der Waals surface area contributed by atoms with Gasteiger partial charge in [-0.15, -0.1) is 11.3 Å². The summed E-state index contributed by atoms with van der Waals surface area (Å²) in [6, 6.07) is 8.09. The molecule has 3 aromatic rings. The zero-order chi connectivity index (χ0) is 23.5. The molecule has 1 amide bonds. The molecule has 2 aliphatic carbocycles. The minimum absolute atomic E-state index is 0.0312. The van der Waals surface area contributed by atoms with Crippen LogP contribution in [-0.2, 0) is 24.1 Å². The van der Waals surface area contributed by atoms with Gasteiger partial charge in [-0.05, 0) is 68.2 Å². The second-order valence-electron chi connectivity index (χ2n) is 9.14. The molecule has 1 aromatic carbocycles. The van der Waals surface area contributed by atoms with Crippen LogP contribution in [0.25, 0.3) is 10.2 Å². The summed E-state index contributed by atoms with van der Waals surface area (Å²) in [5, 5.41) is 4.56. The summed E-state index contributed by atoms with van der Waals surface area (Å²) < 4.78 is 7.11. The SMILES string of the molecule is COc1ccc(CCNC(=O)CSc2nc3sc4c(c3c(=O)n2C2CCCC2)CCCC4)cc1. The molecule has 0 bridgehead atoms. The number of hydrogen-bond acceptors (Lipinski definition) is 6. The molecule has 2 aromatic heterocycles. The second kappa shape index (κ2) is 10.5. The van der Waals surface area contributed by atoms with Crippen LogP contribution in [0.15, 0.2) is 34.2 Å². The van der Waals surface area contributed by atoms with E-state index in [1.807, 2.05) is 28.8 Å². The Morgan fingerprint density at radius 2 is 1.94 bits per heavy atom. The van der Waals surface area contributed by atoms with Crippen molar-refractivity contribution in [2.45, 2.75) is 69.0 Å². The van der Waals surface area contributed by atoms with Crippen LogP contribution in [0.5, 0.6) is 5.75 Å². The number of aromatic nitrogens is 2. The number of carbonyl (C=O) groups excluding carboxylic acids is 1. The zero-order valence-electron chi connectivity index (χ0n) is 19.6. The summed E-state index contributed by atoms with van der Waals surface area (Å²) in [6.45, 7) is 0.575. The lowest BCUT2D eigenvalue weighted by Gasteiger charge is -2.18. The van der Waals surface area contributed by atoms with Crippen LogP contribution in [0.4, 0.5) is 0 Å². The van der Waals surface area contributed by atoms with E-state index in [4.69, 9.17) is 9.72 Å². The smallest absolute Gasteiger partial charge is 0.263 e. The van der Waals surface area contributed by atoms with Gasteiger partial charge in [0.05, 0.1) is 18.2 Å². The Labute approximate surface area is 208 Å². The van der Waals surface area contributed by atoms with Crippen LogP contribution in [0, 0.1) is 0 Å². The Hall–Kier alpha value is -2.32. The quantitative estimate of drug-likeness (QED) is 0.354. The molecule has 5 rings (SSSR count). The number of carbonyl (C=O) groups is 1. The molecular weight excluding hydrogens is 466 g/mol. The molecule has 2 aliphatic rings. The lowest BCUT2D eigenvalue weighted by atomic mass is 9.97. The van der Waals surface area contributed by atoms with Crippen molar-refractivity contribution in [3.63, 3.8) is 0 Å². The molecule has 1 saturated carbocycles. The van der Waals surface area contributed by atoms with Crippen molar-refractivity contribution in [2.24, 2.45) is 0 Å². The van der Waals surface area contributed by atoms with Gasteiger partial charge in [0, 0.05) is 17.5 Å². The first-order valence-electron chi connectivity index (χ1n) is 12.2. The van der Waals surface area contributed by atoms with Crippen LogP contribution >= 0.6 is 23.1 Å². The van der Waals surface area contributed by atoms with Gasteiger partial charge in [-0.2, -0.15) is 0 Å². The van der Waals surface area contributed by atoms with Gasteiger partial charge in [-0.1, -0.05) is 36.7 Å². The molecule has 0 radical (unpaired) electrons. The Bertz CT molecular complexity index is 1230. The Morgan fingerprint density at radius 3 is 2.71 bits per heavy atom. The molecule has 0 spiro atoms. The van der Waals surface area contributed by atoms with Gasteiger partial charge in [0.1, 0.15) is 10.6 Å². The first kappa shape index (κ1) is 23.4. The van der Waals surface area contributed by atoms with Crippen LogP contribution in [0.3, 0.4) is 0 Å². The van der Waals surface area contributed by atoms with Crippen molar-refractivity contribution in [3.05, 3.63) is 50.6 Å². The third-order valence-electron chi connectivity index (χ3n) is 6.91. The highest BCUT2D eigenvalue weighted by molar-refractivity contribution is 7.99. The highest BCUT2D eigenvalue weighted by atomic mass is 32.2. The summed E-state index contributed by atoms with van der Waals surface area (Å²) in [4.78, 5) is 33.4. The van der Waals surface area contributed by atoms with Gasteiger partial charge in [-0.3, -0.25) is 14.2 Å². The zero-order valence-corrected chi connectivity index (χ0v) is 21.2. The highest BCUT2D eigenvalue weighted by Crippen LogP contribution is 2.37. The number of fused-ring (bicyclic) bond motifs is 3. The number of amides is 1. The molecule has 0 unspecified atom stereocenters. The number of thiophene rings is 1. The van der Waals surface area contributed by atoms with E-state index < -0.39 is 0 Å². The molecule has 8 heteroatoms. The number of rotatable bonds is 8. The number of methoxy groups -OCH3 is 1. The molecule has 0 aliphatic heterocycles. The predicted octanol–water partition coefficient (Wildman–Crippen LogP) is 4.91. The molecule has 34 heavy (non-hydrogen) atoms. The van der Waals surface area contributed by atoms with Crippen molar-refractivity contribution in [1.29, 1.82) is 0 Å². The number of ether oxygens (including phenoxy) is 1. The summed E-state index contributed by atoms with van der Waals surface area (Å²) in [5.41, 5.74) is 2.50. The number of aryl methyl sites for hydroxylation is 2. The molecule has 1 N–H and O–H groups in total. The molecule has 180 valence electrons. The number of thioether (sulfide) groups is 1. The average Bonchev–Trinajstić information content (AvgIpc) is 3.51. The fourth-order valence-corrected chi connectivity index (χ4v) is 7.30. The number of nitrogens with one attached hydrogen (secondary N) is 1. The molecular formula is C26H31N3O3S2. The largest absolute Gasteiger partial charge is 0.497 e. The fourth-order valence-electron chi connectivity index (χ4n) is 5.10. The lowest BCUT2D eigenvalue weighted by molar-refractivity contribution is -0.118. The molecule has 1 fully saturated rings. The van der Waals surface area contributed by atoms with Crippen molar-refractivity contribution in [1.82, 2.24) is 14.9 Å².